The van der Waals surface area contributed by atoms with E-state index in [1.54, 1.807) is 0 Å². The van der Waals surface area contributed by atoms with Gasteiger partial charge in [0.15, 0.2) is 0 Å². The summed E-state index contributed by atoms with van der Waals surface area (Å²) in [7, 11) is 0. The first-order chi connectivity index (χ1) is 27.5. The van der Waals surface area contributed by atoms with Crippen molar-refractivity contribution in [2.45, 2.75) is 209 Å². The molecule has 4 aromatic carbocycles. The van der Waals surface area contributed by atoms with Gasteiger partial charge in [-0.25, -0.2) is 0 Å². The Morgan fingerprint density at radius 2 is 0.397 bits per heavy atom. The first kappa shape index (κ1) is 55.5. The van der Waals surface area contributed by atoms with Crippen LogP contribution in [0, 0.1) is 0 Å². The maximum absolute atomic E-state index is 13.4. The van der Waals surface area contributed by atoms with Gasteiger partial charge in [0.25, 0.3) is 0 Å². The number of nitrogens with zero attached hydrogens (tertiary/aromatic N) is 2. The van der Waals surface area contributed by atoms with Crippen LogP contribution in [0.15, 0.2) is 48.5 Å². The molecule has 0 saturated carbocycles. The van der Waals surface area contributed by atoms with Gasteiger partial charge in [-0.05, 0) is 65.6 Å². The van der Waals surface area contributed by atoms with Gasteiger partial charge >= 0.3 is 0 Å². The fraction of sp³-hybridized carbons (Fsp3) is 0.571. The zero-order chi connectivity index (χ0) is 48.3. The van der Waals surface area contributed by atoms with Gasteiger partial charge in [-0.2, -0.15) is 0 Å². The minimum absolute atomic E-state index is 0. The molecule has 0 N–H and O–H groups in total. The Balaban J connectivity index is 0.000000427. The third-order valence-electron chi connectivity index (χ3n) is 11.5. The molecule has 0 aromatic heterocycles. The predicted molar refractivity (Wildman–Crippen MR) is 259 cm³/mol. The van der Waals surface area contributed by atoms with Gasteiger partial charge in [0.2, 0.25) is 0 Å². The van der Waals surface area contributed by atoms with E-state index in [1.165, 1.54) is 0 Å². The molecular formula is C56H80N2O4W-6. The van der Waals surface area contributed by atoms with Crippen LogP contribution in [0.1, 0.15) is 211 Å². The molecule has 4 aromatic rings. The van der Waals surface area contributed by atoms with Crippen LogP contribution in [0.2, 0.25) is 0 Å². The summed E-state index contributed by atoms with van der Waals surface area (Å²) >= 11 is 0. The van der Waals surface area contributed by atoms with Crippen molar-refractivity contribution >= 4 is 22.7 Å². The van der Waals surface area contributed by atoms with E-state index in [0.717, 1.165) is 44.5 Å². The second-order valence-corrected chi connectivity index (χ2v) is 25.7. The summed E-state index contributed by atoms with van der Waals surface area (Å²) in [6, 6.07) is 15.5. The molecule has 0 heterocycles. The standard InChI is InChI=1S/2C28H42NO2.W/c2*1-25(2,3)17-13-19(27(7,8)9)23(30)21(15-17)29-22-16-18(26(4,5)6)14-20(24(22)31)28(10,11)12;/h2*13-16,30-31H,1-12H3;/q2*-1;/p-4. The molecule has 0 aliphatic rings. The van der Waals surface area contributed by atoms with Gasteiger partial charge in [0.05, 0.1) is 0 Å². The Labute approximate surface area is 398 Å². The molecule has 0 amide bonds. The summed E-state index contributed by atoms with van der Waals surface area (Å²) in [5, 5.41) is 62.9. The maximum atomic E-state index is 13.4. The average Bonchev–Trinajstić information content (AvgIpc) is 3.04. The van der Waals surface area contributed by atoms with Crippen LogP contribution in [-0.2, 0) is 64.4 Å². The molecule has 0 aliphatic heterocycles. The predicted octanol–water partition coefficient (Wildman–Crippen LogP) is 14.7. The van der Waals surface area contributed by atoms with Crippen molar-refractivity contribution < 1.29 is 41.5 Å². The summed E-state index contributed by atoms with van der Waals surface area (Å²) in [5.74, 6) is -0.395. The van der Waals surface area contributed by atoms with Crippen molar-refractivity contribution in [3.8, 4) is 23.0 Å². The smallest absolute Gasteiger partial charge is 0 e. The molecule has 0 saturated heterocycles. The molecule has 0 atom stereocenters. The van der Waals surface area contributed by atoms with Crippen LogP contribution in [0.25, 0.3) is 10.6 Å². The van der Waals surface area contributed by atoms with Gasteiger partial charge in [-0.15, -0.1) is 45.7 Å². The average molecular weight is 1030 g/mol. The number of rotatable bonds is 4. The summed E-state index contributed by atoms with van der Waals surface area (Å²) in [6.07, 6.45) is 0. The fourth-order valence-electron chi connectivity index (χ4n) is 7.01. The fourth-order valence-corrected chi connectivity index (χ4v) is 7.01. The molecule has 0 spiro atoms. The van der Waals surface area contributed by atoms with E-state index >= 15 is 0 Å². The Bertz CT molecular complexity index is 1930. The van der Waals surface area contributed by atoms with E-state index in [9.17, 15) is 20.4 Å². The molecule has 0 aliphatic carbocycles. The van der Waals surface area contributed by atoms with Gasteiger partial charge in [0, 0.05) is 21.1 Å². The Kier molecular flexibility index (Phi) is 16.1. The Morgan fingerprint density at radius 3 is 0.508 bits per heavy atom. The monoisotopic (exact) mass is 1030 g/mol. The van der Waals surface area contributed by atoms with Crippen LogP contribution in [-0.4, -0.2) is 0 Å². The quantitative estimate of drug-likeness (QED) is 0.202. The third kappa shape index (κ3) is 13.7. The van der Waals surface area contributed by atoms with E-state index < -0.39 is 0 Å². The zero-order valence-corrected chi connectivity index (χ0v) is 46.5. The zero-order valence-electron chi connectivity index (χ0n) is 43.6. The Morgan fingerprint density at radius 1 is 0.254 bits per heavy atom. The first-order valence-electron chi connectivity index (χ1n) is 22.3. The van der Waals surface area contributed by atoms with Crippen molar-refractivity contribution in [3.63, 3.8) is 0 Å². The van der Waals surface area contributed by atoms with E-state index in [4.69, 9.17) is 10.6 Å². The van der Waals surface area contributed by atoms with E-state index in [-0.39, 0.29) is 87.4 Å². The van der Waals surface area contributed by atoms with Crippen LogP contribution < -0.4 is 20.4 Å². The molecule has 0 bridgehead atoms. The summed E-state index contributed by atoms with van der Waals surface area (Å²) in [4.78, 5) is 0. The Hall–Kier alpha value is -3.63. The minimum atomic E-state index is -0.313. The number of benzene rings is 4. The topological polar surface area (TPSA) is 120 Å². The molecule has 0 fully saturated rings. The van der Waals surface area contributed by atoms with Gasteiger partial charge in [0.1, 0.15) is 0 Å². The summed E-state index contributed by atoms with van der Waals surface area (Å²) < 4.78 is 0. The van der Waals surface area contributed by atoms with Crippen molar-refractivity contribution in [3.05, 3.63) is 104 Å². The number of hydrogen-bond acceptors (Lipinski definition) is 4. The first-order valence-corrected chi connectivity index (χ1v) is 22.3. The second kappa shape index (κ2) is 18.3. The SMILES string of the molecule is CC(C)(C)c1cc([N-]c2cc(C(C)(C)C)cc(C(C)(C)C)c2[O-])c([O-])c(C(C)(C)C)c1.CC(C)(C)c1cc([N-]c2cc(C(C)(C)C)cc(C(C)(C)C)c2[O-])c([O-])c(C(C)(C)C)c1.[W]. The molecule has 63 heavy (non-hydrogen) atoms. The summed E-state index contributed by atoms with van der Waals surface area (Å²) in [6.45, 7) is 50.0. The van der Waals surface area contributed by atoms with Gasteiger partial charge < -0.3 is 31.1 Å². The third-order valence-corrected chi connectivity index (χ3v) is 11.5. The molecule has 4 rings (SSSR count). The van der Waals surface area contributed by atoms with Crippen LogP contribution >= 0.6 is 0 Å². The minimum Gasteiger partial charge on any atom is -0.873 e. The van der Waals surface area contributed by atoms with E-state index in [1.807, 2.05) is 132 Å². The second-order valence-electron chi connectivity index (χ2n) is 25.7. The molecule has 0 unspecified atom stereocenters. The largest absolute Gasteiger partial charge is 0.873 e. The van der Waals surface area contributed by atoms with Crippen molar-refractivity contribution in [2.75, 3.05) is 0 Å². The van der Waals surface area contributed by atoms with Crippen LogP contribution in [0.3, 0.4) is 0 Å². The molecule has 6 nitrogen and oxygen atoms in total. The number of hydrogen-bond donors (Lipinski definition) is 0. The van der Waals surface area contributed by atoms with Crippen molar-refractivity contribution in [1.82, 2.24) is 0 Å². The van der Waals surface area contributed by atoms with Crippen molar-refractivity contribution in [2.24, 2.45) is 0 Å². The molecular weight excluding hydrogens is 948 g/mol. The van der Waals surface area contributed by atoms with E-state index in [2.05, 4.69) is 83.1 Å². The molecule has 0 radical (unpaired) electrons. The molecule has 7 heteroatoms. The van der Waals surface area contributed by atoms with Gasteiger partial charge in [-0.3, -0.25) is 0 Å². The van der Waals surface area contributed by atoms with Crippen LogP contribution in [0.4, 0.5) is 22.7 Å². The van der Waals surface area contributed by atoms with Crippen molar-refractivity contribution in [1.29, 1.82) is 0 Å². The maximum Gasteiger partial charge on any atom is 0 e. The van der Waals surface area contributed by atoms with Crippen LogP contribution in [0.5, 0.6) is 23.0 Å². The van der Waals surface area contributed by atoms with E-state index in [0.29, 0.717) is 22.7 Å². The normalized spacial score (nSPS) is 13.2. The summed E-state index contributed by atoms with van der Waals surface area (Å²) in [5.41, 5.74) is 6.70. The van der Waals surface area contributed by atoms with Gasteiger partial charge in [-0.1, -0.05) is 237 Å². The molecule has 350 valence electrons.